The van der Waals surface area contributed by atoms with Crippen LogP contribution in [0.15, 0.2) is 60.3 Å². The Morgan fingerprint density at radius 2 is 1.16 bits per heavy atom. The molecule has 2 aromatic rings. The van der Waals surface area contributed by atoms with Gasteiger partial charge in [-0.2, -0.15) is 13.2 Å². The highest BCUT2D eigenvalue weighted by molar-refractivity contribution is 7.99. The number of nitrogens with one attached hydrogen (secondary N) is 1. The van der Waals surface area contributed by atoms with E-state index < -0.39 is 46.9 Å². The van der Waals surface area contributed by atoms with Crippen molar-refractivity contribution >= 4 is 41.3 Å². The molecule has 0 spiro atoms. The largest absolute Gasteiger partial charge is 0.431 e. The first-order chi connectivity index (χ1) is 18.1. The van der Waals surface area contributed by atoms with Crippen LogP contribution < -0.4 is 5.32 Å². The van der Waals surface area contributed by atoms with E-state index in [2.05, 4.69) is 5.32 Å². The topological polar surface area (TPSA) is 107 Å². The van der Waals surface area contributed by atoms with E-state index in [4.69, 9.17) is 0 Å². The van der Waals surface area contributed by atoms with Crippen LogP contribution in [0, 0.1) is 0 Å². The molecule has 9 nitrogen and oxygen atoms in total. The number of carbonyl (C=O) groups is 5. The molecule has 3 heterocycles. The summed E-state index contributed by atoms with van der Waals surface area (Å²) in [5, 5.41) is 2.28. The van der Waals surface area contributed by atoms with Crippen molar-refractivity contribution in [2.75, 3.05) is 25.4 Å². The average molecular weight is 545 g/mol. The second kappa shape index (κ2) is 9.63. The first kappa shape index (κ1) is 25.5. The van der Waals surface area contributed by atoms with Gasteiger partial charge in [0.25, 0.3) is 29.5 Å². The molecule has 1 atom stereocenters. The molecule has 1 unspecified atom stereocenters. The first-order valence-corrected chi connectivity index (χ1v) is 12.5. The molecule has 5 rings (SSSR count). The minimum atomic E-state index is -4.81. The van der Waals surface area contributed by atoms with Crippen molar-refractivity contribution in [1.29, 1.82) is 0 Å². The molecule has 0 saturated heterocycles. The third kappa shape index (κ3) is 4.42. The van der Waals surface area contributed by atoms with E-state index in [0.717, 1.165) is 26.5 Å². The van der Waals surface area contributed by atoms with Crippen LogP contribution >= 0.6 is 11.8 Å². The molecule has 38 heavy (non-hydrogen) atoms. The third-order valence-electron chi connectivity index (χ3n) is 6.33. The molecular formula is C25H19F3N4O5S. The maximum Gasteiger partial charge on any atom is 0.431 e. The summed E-state index contributed by atoms with van der Waals surface area (Å²) in [5.41, 5.74) is -1.54. The fraction of sp³-hybridized carbons (Fsp3) is 0.240. The maximum atomic E-state index is 13.4. The number of hydrogen-bond donors (Lipinski definition) is 1. The van der Waals surface area contributed by atoms with Crippen molar-refractivity contribution in [2.45, 2.75) is 11.7 Å². The molecule has 3 aliphatic rings. The number of imide groups is 2. The van der Waals surface area contributed by atoms with Gasteiger partial charge in [0.2, 0.25) is 0 Å². The number of carbonyl (C=O) groups excluding carboxylic acids is 5. The second-order valence-corrected chi connectivity index (χ2v) is 9.76. The molecule has 0 aliphatic carbocycles. The van der Waals surface area contributed by atoms with Gasteiger partial charge in [-0.1, -0.05) is 24.3 Å². The molecule has 0 fully saturated rings. The molecular weight excluding hydrogens is 525 g/mol. The van der Waals surface area contributed by atoms with Gasteiger partial charge >= 0.3 is 6.18 Å². The summed E-state index contributed by atoms with van der Waals surface area (Å²) in [5.74, 6) is -3.04. The predicted molar refractivity (Wildman–Crippen MR) is 129 cm³/mol. The van der Waals surface area contributed by atoms with Gasteiger partial charge in [-0.3, -0.25) is 33.8 Å². The SMILES string of the molecule is O=C1c2ccccc2C(=O)N1CCSC1NC(C(F)(F)F)=CC(=O)N1CCN1C(=O)c2ccccc2C1=O. The van der Waals surface area contributed by atoms with Gasteiger partial charge in [-0.25, -0.2) is 0 Å². The molecule has 5 amide bonds. The number of allylic oxidation sites excluding steroid dienone is 1. The number of alkyl halides is 3. The van der Waals surface area contributed by atoms with Gasteiger partial charge in [0.05, 0.1) is 22.3 Å². The lowest BCUT2D eigenvalue weighted by Crippen LogP contribution is -2.54. The van der Waals surface area contributed by atoms with Crippen LogP contribution in [0.2, 0.25) is 0 Å². The zero-order valence-corrected chi connectivity index (χ0v) is 20.3. The smallest absolute Gasteiger partial charge is 0.352 e. The summed E-state index contributed by atoms with van der Waals surface area (Å²) in [4.78, 5) is 66.2. The van der Waals surface area contributed by atoms with E-state index in [0.29, 0.717) is 6.08 Å². The van der Waals surface area contributed by atoms with Crippen LogP contribution in [0.5, 0.6) is 0 Å². The van der Waals surface area contributed by atoms with Crippen LogP contribution in [0.25, 0.3) is 0 Å². The van der Waals surface area contributed by atoms with E-state index in [-0.39, 0.29) is 47.6 Å². The summed E-state index contributed by atoms with van der Waals surface area (Å²) in [6.45, 7) is -0.561. The second-order valence-electron chi connectivity index (χ2n) is 8.57. The Bertz CT molecular complexity index is 1340. The number of halogens is 3. The molecule has 2 aromatic carbocycles. The first-order valence-electron chi connectivity index (χ1n) is 11.5. The molecule has 3 aliphatic heterocycles. The molecule has 0 aromatic heterocycles. The summed E-state index contributed by atoms with van der Waals surface area (Å²) in [6, 6.07) is 12.5. The molecule has 0 radical (unpaired) electrons. The Labute approximate surface area is 218 Å². The van der Waals surface area contributed by atoms with Crippen molar-refractivity contribution in [3.8, 4) is 0 Å². The van der Waals surface area contributed by atoms with Gasteiger partial charge in [-0.05, 0) is 24.3 Å². The Hall–Kier alpha value is -4.13. The molecule has 1 N–H and O–H groups in total. The van der Waals surface area contributed by atoms with Gasteiger partial charge in [-0.15, -0.1) is 11.8 Å². The third-order valence-corrected chi connectivity index (χ3v) is 7.44. The van der Waals surface area contributed by atoms with E-state index in [1.165, 1.54) is 24.3 Å². The van der Waals surface area contributed by atoms with E-state index >= 15 is 0 Å². The highest BCUT2D eigenvalue weighted by atomic mass is 32.2. The van der Waals surface area contributed by atoms with Crippen LogP contribution in [-0.2, 0) is 4.79 Å². The quantitative estimate of drug-likeness (QED) is 0.534. The number of benzene rings is 2. The predicted octanol–water partition coefficient (Wildman–Crippen LogP) is 2.47. The Kier molecular flexibility index (Phi) is 6.47. The fourth-order valence-electron chi connectivity index (χ4n) is 4.45. The highest BCUT2D eigenvalue weighted by Gasteiger charge is 2.42. The van der Waals surface area contributed by atoms with E-state index in [1.54, 1.807) is 24.3 Å². The van der Waals surface area contributed by atoms with Crippen LogP contribution in [-0.4, -0.2) is 81.3 Å². The van der Waals surface area contributed by atoms with Crippen LogP contribution in [0.3, 0.4) is 0 Å². The molecule has 0 bridgehead atoms. The molecule has 0 saturated carbocycles. The number of rotatable bonds is 7. The van der Waals surface area contributed by atoms with Crippen molar-refractivity contribution in [1.82, 2.24) is 20.0 Å². The lowest BCUT2D eigenvalue weighted by atomic mass is 10.1. The van der Waals surface area contributed by atoms with Gasteiger partial charge < -0.3 is 10.2 Å². The maximum absolute atomic E-state index is 13.4. The lowest BCUT2D eigenvalue weighted by Gasteiger charge is -2.37. The summed E-state index contributed by atoms with van der Waals surface area (Å²) < 4.78 is 40.3. The fourth-order valence-corrected chi connectivity index (χ4v) is 5.56. The Morgan fingerprint density at radius 3 is 1.61 bits per heavy atom. The van der Waals surface area contributed by atoms with Crippen LogP contribution in [0.1, 0.15) is 41.4 Å². The zero-order valence-electron chi connectivity index (χ0n) is 19.5. The lowest BCUT2D eigenvalue weighted by molar-refractivity contribution is -0.132. The number of fused-ring (bicyclic) bond motifs is 2. The number of hydrogen-bond acceptors (Lipinski definition) is 7. The summed E-state index contributed by atoms with van der Waals surface area (Å²) >= 11 is 0.889. The minimum Gasteiger partial charge on any atom is -0.352 e. The number of thioether (sulfide) groups is 1. The standard InChI is InChI=1S/C25H19F3N4O5S/c26-25(27,28)18-13-19(33)30(9-10-31-20(34)14-5-1-2-6-15(14)21(31)35)24(29-18)38-12-11-32-22(36)16-7-3-4-8-17(16)23(32)37/h1-8,13,24,29H,9-12H2. The van der Waals surface area contributed by atoms with E-state index in [9.17, 15) is 37.1 Å². The van der Waals surface area contributed by atoms with Crippen molar-refractivity contribution in [3.63, 3.8) is 0 Å². The Balaban J connectivity index is 1.28. The van der Waals surface area contributed by atoms with Crippen molar-refractivity contribution in [2.24, 2.45) is 0 Å². The average Bonchev–Trinajstić information content (AvgIpc) is 3.28. The minimum absolute atomic E-state index is 0.0189. The van der Waals surface area contributed by atoms with E-state index in [1.807, 2.05) is 0 Å². The van der Waals surface area contributed by atoms with Gasteiger partial charge in [0.15, 0.2) is 5.50 Å². The van der Waals surface area contributed by atoms with Crippen molar-refractivity contribution in [3.05, 3.63) is 82.6 Å². The van der Waals surface area contributed by atoms with Crippen LogP contribution in [0.4, 0.5) is 13.2 Å². The monoisotopic (exact) mass is 544 g/mol. The molecule has 196 valence electrons. The van der Waals surface area contributed by atoms with Gasteiger partial charge in [0.1, 0.15) is 5.70 Å². The zero-order chi connectivity index (χ0) is 27.2. The normalized spacial score (nSPS) is 19.1. The number of nitrogens with zero attached hydrogens (tertiary/aromatic N) is 3. The summed E-state index contributed by atoms with van der Waals surface area (Å²) in [7, 11) is 0. The number of amides is 5. The van der Waals surface area contributed by atoms with Gasteiger partial charge in [0, 0.05) is 31.5 Å². The molecule has 13 heteroatoms. The van der Waals surface area contributed by atoms with Crippen molar-refractivity contribution < 1.29 is 37.1 Å². The highest BCUT2D eigenvalue weighted by Crippen LogP contribution is 2.31. The summed E-state index contributed by atoms with van der Waals surface area (Å²) in [6.07, 6.45) is -4.39. The Morgan fingerprint density at radius 1 is 0.711 bits per heavy atom.